The standard InChI is InChI=1S/C18H22N2O2/c19-8-13-3-1-6-16(7-13)21-11-14-12-22-18-10-20(9-17(14)18)15-4-2-5-15/h1,3,6-7,14-15,17-18H,2,4-5,9-12H2/t14-,17+,18+/m1/s1. The van der Waals surface area contributed by atoms with Gasteiger partial charge in [0.1, 0.15) is 5.75 Å². The lowest BCUT2D eigenvalue weighted by Crippen LogP contribution is -2.40. The molecule has 1 aromatic carbocycles. The van der Waals surface area contributed by atoms with Gasteiger partial charge in [0.25, 0.3) is 0 Å². The zero-order valence-corrected chi connectivity index (χ0v) is 12.8. The molecule has 0 N–H and O–H groups in total. The number of likely N-dealkylation sites (tertiary alicyclic amines) is 1. The van der Waals surface area contributed by atoms with E-state index in [1.807, 2.05) is 18.2 Å². The van der Waals surface area contributed by atoms with Gasteiger partial charge in [0.15, 0.2) is 0 Å². The molecule has 0 amide bonds. The quantitative estimate of drug-likeness (QED) is 0.856. The van der Waals surface area contributed by atoms with Gasteiger partial charge in [-0.3, -0.25) is 4.90 Å². The molecule has 2 aliphatic heterocycles. The highest BCUT2D eigenvalue weighted by Gasteiger charge is 2.46. The molecule has 4 heteroatoms. The van der Waals surface area contributed by atoms with Crippen LogP contribution in [0.1, 0.15) is 24.8 Å². The molecule has 3 fully saturated rings. The number of fused-ring (bicyclic) bond motifs is 1. The maximum Gasteiger partial charge on any atom is 0.120 e. The van der Waals surface area contributed by atoms with Gasteiger partial charge in [-0.25, -0.2) is 0 Å². The van der Waals surface area contributed by atoms with E-state index in [9.17, 15) is 0 Å². The average Bonchev–Trinajstić information content (AvgIpc) is 3.04. The van der Waals surface area contributed by atoms with Crippen molar-refractivity contribution in [3.8, 4) is 11.8 Å². The molecule has 1 aromatic rings. The first kappa shape index (κ1) is 14.0. The van der Waals surface area contributed by atoms with Gasteiger partial charge in [-0.2, -0.15) is 5.26 Å². The predicted molar refractivity (Wildman–Crippen MR) is 82.6 cm³/mol. The molecule has 0 aromatic heterocycles. The summed E-state index contributed by atoms with van der Waals surface area (Å²) in [4.78, 5) is 2.63. The van der Waals surface area contributed by atoms with Crippen molar-refractivity contribution >= 4 is 0 Å². The number of nitriles is 1. The van der Waals surface area contributed by atoms with Gasteiger partial charge >= 0.3 is 0 Å². The van der Waals surface area contributed by atoms with E-state index in [2.05, 4.69) is 11.0 Å². The van der Waals surface area contributed by atoms with Crippen LogP contribution in [0.15, 0.2) is 24.3 Å². The van der Waals surface area contributed by atoms with Crippen molar-refractivity contribution in [2.75, 3.05) is 26.3 Å². The summed E-state index contributed by atoms with van der Waals surface area (Å²) in [6.45, 7) is 3.78. The Hall–Kier alpha value is -1.57. The molecular formula is C18H22N2O2. The lowest BCUT2D eigenvalue weighted by molar-refractivity contribution is 0.0692. The second kappa shape index (κ2) is 5.91. The topological polar surface area (TPSA) is 45.5 Å². The first-order chi connectivity index (χ1) is 10.8. The number of rotatable bonds is 4. The van der Waals surface area contributed by atoms with Gasteiger partial charge in [0.05, 0.1) is 31.0 Å². The summed E-state index contributed by atoms with van der Waals surface area (Å²) < 4.78 is 11.9. The van der Waals surface area contributed by atoms with Crippen LogP contribution in [0.3, 0.4) is 0 Å². The average molecular weight is 298 g/mol. The number of hydrogen-bond donors (Lipinski definition) is 0. The SMILES string of the molecule is N#Cc1cccc(OC[C@@H]2CO[C@H]3CN(C4CCC4)C[C@@H]23)c1. The van der Waals surface area contributed by atoms with Crippen LogP contribution in [-0.4, -0.2) is 43.3 Å². The first-order valence-corrected chi connectivity index (χ1v) is 8.32. The maximum absolute atomic E-state index is 8.94. The second-order valence-electron chi connectivity index (χ2n) is 6.78. The Bertz CT molecular complexity index is 579. The normalized spacial score (nSPS) is 31.5. The molecule has 3 atom stereocenters. The zero-order valence-electron chi connectivity index (χ0n) is 12.8. The molecule has 22 heavy (non-hydrogen) atoms. The molecule has 2 heterocycles. The Labute approximate surface area is 131 Å². The van der Waals surface area contributed by atoms with E-state index >= 15 is 0 Å². The van der Waals surface area contributed by atoms with Gasteiger partial charge in [0.2, 0.25) is 0 Å². The third kappa shape index (κ3) is 2.60. The third-order valence-corrected chi connectivity index (χ3v) is 5.49. The number of hydrogen-bond acceptors (Lipinski definition) is 4. The van der Waals surface area contributed by atoms with E-state index < -0.39 is 0 Å². The van der Waals surface area contributed by atoms with Crippen molar-refractivity contribution in [2.24, 2.45) is 11.8 Å². The molecule has 4 nitrogen and oxygen atoms in total. The van der Waals surface area contributed by atoms with Crippen molar-refractivity contribution < 1.29 is 9.47 Å². The molecule has 4 rings (SSSR count). The third-order valence-electron chi connectivity index (χ3n) is 5.49. The molecule has 0 bridgehead atoms. The first-order valence-electron chi connectivity index (χ1n) is 8.32. The van der Waals surface area contributed by atoms with Crippen LogP contribution in [0.5, 0.6) is 5.75 Å². The lowest BCUT2D eigenvalue weighted by Gasteiger charge is -2.35. The smallest absolute Gasteiger partial charge is 0.120 e. The van der Waals surface area contributed by atoms with E-state index in [-0.39, 0.29) is 0 Å². The van der Waals surface area contributed by atoms with Crippen LogP contribution in [0, 0.1) is 23.2 Å². The minimum absolute atomic E-state index is 0.402. The maximum atomic E-state index is 8.94. The monoisotopic (exact) mass is 298 g/mol. The van der Waals surface area contributed by atoms with E-state index in [0.29, 0.717) is 30.1 Å². The fourth-order valence-electron chi connectivity index (χ4n) is 3.91. The number of nitrogens with zero attached hydrogens (tertiary/aromatic N) is 2. The van der Waals surface area contributed by atoms with Gasteiger partial charge < -0.3 is 9.47 Å². The van der Waals surface area contributed by atoms with Crippen LogP contribution >= 0.6 is 0 Å². The molecule has 116 valence electrons. The summed E-state index contributed by atoms with van der Waals surface area (Å²) in [7, 11) is 0. The number of benzene rings is 1. The molecular weight excluding hydrogens is 276 g/mol. The molecule has 2 saturated heterocycles. The minimum atomic E-state index is 0.402. The molecule has 1 aliphatic carbocycles. The van der Waals surface area contributed by atoms with Crippen molar-refractivity contribution in [3.63, 3.8) is 0 Å². The number of ether oxygens (including phenoxy) is 2. The Balaban J connectivity index is 1.34. The van der Waals surface area contributed by atoms with Gasteiger partial charge in [-0.05, 0) is 31.0 Å². The Morgan fingerprint density at radius 2 is 2.23 bits per heavy atom. The molecule has 1 saturated carbocycles. The van der Waals surface area contributed by atoms with E-state index in [0.717, 1.165) is 24.9 Å². The molecule has 3 aliphatic rings. The van der Waals surface area contributed by atoms with Gasteiger partial charge in [-0.15, -0.1) is 0 Å². The molecule has 0 unspecified atom stereocenters. The van der Waals surface area contributed by atoms with Crippen molar-refractivity contribution in [1.29, 1.82) is 5.26 Å². The van der Waals surface area contributed by atoms with Crippen LogP contribution in [0.25, 0.3) is 0 Å². The lowest BCUT2D eigenvalue weighted by atomic mass is 9.91. The summed E-state index contributed by atoms with van der Waals surface area (Å²) in [6.07, 6.45) is 4.52. The molecule has 0 spiro atoms. The minimum Gasteiger partial charge on any atom is -0.493 e. The second-order valence-corrected chi connectivity index (χ2v) is 6.78. The Morgan fingerprint density at radius 1 is 1.32 bits per heavy atom. The summed E-state index contributed by atoms with van der Waals surface area (Å²) in [5, 5.41) is 8.94. The highest BCUT2D eigenvalue weighted by atomic mass is 16.5. The Kier molecular flexibility index (Phi) is 3.77. The molecule has 0 radical (unpaired) electrons. The van der Waals surface area contributed by atoms with E-state index in [1.165, 1.54) is 25.8 Å². The van der Waals surface area contributed by atoms with Crippen LogP contribution in [-0.2, 0) is 4.74 Å². The van der Waals surface area contributed by atoms with Gasteiger partial charge in [0, 0.05) is 31.0 Å². The van der Waals surface area contributed by atoms with Crippen molar-refractivity contribution in [3.05, 3.63) is 29.8 Å². The fraction of sp³-hybridized carbons (Fsp3) is 0.611. The highest BCUT2D eigenvalue weighted by Crippen LogP contribution is 2.38. The summed E-state index contributed by atoms with van der Waals surface area (Å²) in [5.41, 5.74) is 0.648. The van der Waals surface area contributed by atoms with Crippen molar-refractivity contribution in [2.45, 2.75) is 31.4 Å². The summed E-state index contributed by atoms with van der Waals surface area (Å²) >= 11 is 0. The highest BCUT2D eigenvalue weighted by molar-refractivity contribution is 5.36. The van der Waals surface area contributed by atoms with E-state index in [1.54, 1.807) is 6.07 Å². The van der Waals surface area contributed by atoms with Gasteiger partial charge in [-0.1, -0.05) is 12.5 Å². The predicted octanol–water partition coefficient (Wildman–Crippen LogP) is 2.44. The van der Waals surface area contributed by atoms with Crippen LogP contribution < -0.4 is 4.74 Å². The van der Waals surface area contributed by atoms with Crippen molar-refractivity contribution in [1.82, 2.24) is 4.90 Å². The largest absolute Gasteiger partial charge is 0.493 e. The fourth-order valence-corrected chi connectivity index (χ4v) is 3.91. The summed E-state index contributed by atoms with van der Waals surface area (Å²) in [5.74, 6) is 1.87. The summed E-state index contributed by atoms with van der Waals surface area (Å²) in [6, 6.07) is 10.4. The Morgan fingerprint density at radius 3 is 3.00 bits per heavy atom. The van der Waals surface area contributed by atoms with Crippen LogP contribution in [0.2, 0.25) is 0 Å². The zero-order chi connectivity index (χ0) is 14.9. The van der Waals surface area contributed by atoms with Crippen LogP contribution in [0.4, 0.5) is 0 Å². The van der Waals surface area contributed by atoms with E-state index in [4.69, 9.17) is 14.7 Å².